The van der Waals surface area contributed by atoms with E-state index >= 15 is 0 Å². The second-order valence-electron chi connectivity index (χ2n) is 5.35. The number of hydrogen-bond acceptors (Lipinski definition) is 3. The summed E-state index contributed by atoms with van der Waals surface area (Å²) in [5, 5.41) is 0.877. The molecule has 0 unspecified atom stereocenters. The van der Waals surface area contributed by atoms with Crippen LogP contribution in [0.3, 0.4) is 0 Å². The van der Waals surface area contributed by atoms with Gasteiger partial charge in [0, 0.05) is 16.7 Å². The second kappa shape index (κ2) is 6.34. The van der Waals surface area contributed by atoms with Gasteiger partial charge in [-0.3, -0.25) is 0 Å². The van der Waals surface area contributed by atoms with Crippen LogP contribution in [0.4, 0.5) is 4.39 Å². The third-order valence-corrected chi connectivity index (χ3v) is 4.52. The molecular formula is C20H13FN2S. The van der Waals surface area contributed by atoms with Crippen LogP contribution in [0, 0.1) is 5.82 Å². The van der Waals surface area contributed by atoms with Gasteiger partial charge in [0.1, 0.15) is 10.8 Å². The Balaban J connectivity index is 1.72. The summed E-state index contributed by atoms with van der Waals surface area (Å²) < 4.78 is 18.5. The van der Waals surface area contributed by atoms with Gasteiger partial charge in [0.15, 0.2) is 5.82 Å². The Hall–Kier alpha value is -2.85. The summed E-state index contributed by atoms with van der Waals surface area (Å²) in [5.41, 5.74) is 3.33. The molecule has 0 N–H and O–H groups in total. The number of nitrogens with zero attached hydrogens (tertiary/aromatic N) is 2. The average molecular weight is 332 g/mol. The Morgan fingerprint density at radius 3 is 2.25 bits per heavy atom. The molecule has 0 spiro atoms. The van der Waals surface area contributed by atoms with E-state index in [9.17, 15) is 4.39 Å². The normalized spacial score (nSPS) is 10.7. The molecule has 24 heavy (non-hydrogen) atoms. The summed E-state index contributed by atoms with van der Waals surface area (Å²) in [4.78, 5) is 4.62. The maximum atomic E-state index is 14.0. The van der Waals surface area contributed by atoms with Gasteiger partial charge in [-0.1, -0.05) is 66.7 Å². The molecule has 0 fully saturated rings. The van der Waals surface area contributed by atoms with Crippen molar-refractivity contribution in [3.8, 4) is 33.1 Å². The number of benzene rings is 3. The highest BCUT2D eigenvalue weighted by atomic mass is 32.1. The van der Waals surface area contributed by atoms with Crippen LogP contribution in [0.2, 0.25) is 0 Å². The lowest BCUT2D eigenvalue weighted by molar-refractivity contribution is 0.631. The molecule has 0 aliphatic rings. The van der Waals surface area contributed by atoms with E-state index in [-0.39, 0.29) is 5.82 Å². The van der Waals surface area contributed by atoms with Crippen LogP contribution < -0.4 is 0 Å². The highest BCUT2D eigenvalue weighted by Gasteiger charge is 2.10. The molecule has 0 aliphatic carbocycles. The maximum Gasteiger partial charge on any atom is 0.173 e. The topological polar surface area (TPSA) is 25.8 Å². The average Bonchev–Trinajstić information content (AvgIpc) is 3.13. The Labute approximate surface area is 143 Å². The van der Waals surface area contributed by atoms with Crippen molar-refractivity contribution in [1.82, 2.24) is 9.36 Å². The predicted octanol–water partition coefficient (Wildman–Crippen LogP) is 5.68. The van der Waals surface area contributed by atoms with E-state index in [1.165, 1.54) is 17.6 Å². The van der Waals surface area contributed by atoms with Crippen molar-refractivity contribution in [3.63, 3.8) is 0 Å². The zero-order valence-corrected chi connectivity index (χ0v) is 13.5. The van der Waals surface area contributed by atoms with Gasteiger partial charge >= 0.3 is 0 Å². The predicted molar refractivity (Wildman–Crippen MR) is 96.2 cm³/mol. The molecular weight excluding hydrogens is 319 g/mol. The van der Waals surface area contributed by atoms with Crippen molar-refractivity contribution < 1.29 is 4.39 Å². The third-order valence-electron chi connectivity index (χ3n) is 3.75. The Morgan fingerprint density at radius 2 is 1.42 bits per heavy atom. The number of aromatic nitrogens is 2. The minimum absolute atomic E-state index is 0.231. The van der Waals surface area contributed by atoms with Crippen LogP contribution in [-0.2, 0) is 0 Å². The monoisotopic (exact) mass is 332 g/mol. The Bertz CT molecular complexity index is 980. The van der Waals surface area contributed by atoms with Crippen LogP contribution in [-0.4, -0.2) is 9.36 Å². The smallest absolute Gasteiger partial charge is 0.173 e. The minimum Gasteiger partial charge on any atom is -0.215 e. The molecule has 2 nitrogen and oxygen atoms in total. The second-order valence-corrected chi connectivity index (χ2v) is 6.10. The van der Waals surface area contributed by atoms with Gasteiger partial charge in [-0.05, 0) is 29.2 Å². The molecule has 0 radical (unpaired) electrons. The summed E-state index contributed by atoms with van der Waals surface area (Å²) >= 11 is 1.37. The lowest BCUT2D eigenvalue weighted by atomic mass is 10.0. The molecule has 0 bridgehead atoms. The number of hydrogen-bond donors (Lipinski definition) is 0. The molecule has 0 amide bonds. The highest BCUT2D eigenvalue weighted by molar-refractivity contribution is 7.09. The van der Waals surface area contributed by atoms with Crippen LogP contribution >= 0.6 is 11.5 Å². The van der Waals surface area contributed by atoms with Crippen LogP contribution in [0.5, 0.6) is 0 Å². The SMILES string of the molecule is Fc1ccccc1-c1cccc(-c2nsc(-c3ccccc3)n2)c1. The molecule has 0 atom stereocenters. The molecule has 0 saturated heterocycles. The minimum atomic E-state index is -0.231. The van der Waals surface area contributed by atoms with E-state index in [0.29, 0.717) is 11.4 Å². The van der Waals surface area contributed by atoms with Crippen molar-refractivity contribution in [1.29, 1.82) is 0 Å². The molecule has 1 aromatic heterocycles. The van der Waals surface area contributed by atoms with E-state index in [1.807, 2.05) is 60.7 Å². The van der Waals surface area contributed by atoms with Gasteiger partial charge in [-0.2, -0.15) is 4.37 Å². The van der Waals surface area contributed by atoms with Crippen molar-refractivity contribution in [3.05, 3.63) is 84.7 Å². The summed E-state index contributed by atoms with van der Waals surface area (Å²) in [6.07, 6.45) is 0. The summed E-state index contributed by atoms with van der Waals surface area (Å²) in [7, 11) is 0. The molecule has 116 valence electrons. The highest BCUT2D eigenvalue weighted by Crippen LogP contribution is 2.29. The van der Waals surface area contributed by atoms with Gasteiger partial charge in [-0.15, -0.1) is 0 Å². The third kappa shape index (κ3) is 2.84. The first-order valence-corrected chi connectivity index (χ1v) is 8.33. The van der Waals surface area contributed by atoms with Crippen molar-refractivity contribution in [2.24, 2.45) is 0 Å². The first-order chi connectivity index (χ1) is 11.8. The van der Waals surface area contributed by atoms with Crippen LogP contribution in [0.1, 0.15) is 0 Å². The number of halogens is 1. The number of rotatable bonds is 3. The Morgan fingerprint density at radius 1 is 0.708 bits per heavy atom. The molecule has 4 aromatic rings. The fraction of sp³-hybridized carbons (Fsp3) is 0. The lowest BCUT2D eigenvalue weighted by Gasteiger charge is -2.04. The zero-order chi connectivity index (χ0) is 16.4. The van der Waals surface area contributed by atoms with Gasteiger partial charge in [0.2, 0.25) is 0 Å². The standard InChI is InChI=1S/C20H13FN2S/c21-18-12-5-4-11-17(18)15-9-6-10-16(13-15)19-22-20(24-23-19)14-7-2-1-3-8-14/h1-13H. The summed E-state index contributed by atoms with van der Waals surface area (Å²) in [5.74, 6) is 0.433. The van der Waals surface area contributed by atoms with Crippen molar-refractivity contribution in [2.45, 2.75) is 0 Å². The van der Waals surface area contributed by atoms with E-state index in [2.05, 4.69) is 9.36 Å². The zero-order valence-electron chi connectivity index (χ0n) is 12.7. The first kappa shape index (κ1) is 14.7. The van der Waals surface area contributed by atoms with Crippen molar-refractivity contribution in [2.75, 3.05) is 0 Å². The molecule has 1 heterocycles. The fourth-order valence-electron chi connectivity index (χ4n) is 2.56. The van der Waals surface area contributed by atoms with Gasteiger partial charge in [-0.25, -0.2) is 9.37 Å². The fourth-order valence-corrected chi connectivity index (χ4v) is 3.25. The van der Waals surface area contributed by atoms with Crippen LogP contribution in [0.25, 0.3) is 33.1 Å². The molecule has 3 aromatic carbocycles. The Kier molecular flexibility index (Phi) is 3.89. The molecule has 4 heteroatoms. The van der Waals surface area contributed by atoms with E-state index in [1.54, 1.807) is 12.1 Å². The van der Waals surface area contributed by atoms with Gasteiger partial charge in [0.05, 0.1) is 0 Å². The summed E-state index contributed by atoms with van der Waals surface area (Å²) in [6.45, 7) is 0. The maximum absolute atomic E-state index is 14.0. The quantitative estimate of drug-likeness (QED) is 0.482. The van der Waals surface area contributed by atoms with E-state index in [4.69, 9.17) is 0 Å². The molecule has 0 aliphatic heterocycles. The molecule has 4 rings (SSSR count). The van der Waals surface area contributed by atoms with Gasteiger partial charge < -0.3 is 0 Å². The summed E-state index contributed by atoms with van der Waals surface area (Å²) in [6, 6.07) is 24.4. The van der Waals surface area contributed by atoms with Gasteiger partial charge in [0.25, 0.3) is 0 Å². The first-order valence-electron chi connectivity index (χ1n) is 7.56. The largest absolute Gasteiger partial charge is 0.215 e. The molecule has 0 saturated carbocycles. The lowest BCUT2D eigenvalue weighted by Crippen LogP contribution is -1.86. The van der Waals surface area contributed by atoms with E-state index < -0.39 is 0 Å². The van der Waals surface area contributed by atoms with Crippen LogP contribution in [0.15, 0.2) is 78.9 Å². The van der Waals surface area contributed by atoms with E-state index in [0.717, 1.165) is 21.7 Å². The van der Waals surface area contributed by atoms with Crippen molar-refractivity contribution >= 4 is 11.5 Å².